The highest BCUT2D eigenvalue weighted by Gasteiger charge is 2.21. The quantitative estimate of drug-likeness (QED) is 0.693. The lowest BCUT2D eigenvalue weighted by molar-refractivity contribution is 0.0696. The highest BCUT2D eigenvalue weighted by Crippen LogP contribution is 2.28. The maximum atomic E-state index is 12.9. The van der Waals surface area contributed by atoms with E-state index in [1.165, 1.54) is 18.6 Å². The summed E-state index contributed by atoms with van der Waals surface area (Å²) in [6, 6.07) is 11.3. The van der Waals surface area contributed by atoms with Gasteiger partial charge >= 0.3 is 5.97 Å². The Balaban J connectivity index is 1.73. The molecule has 1 saturated carbocycles. The van der Waals surface area contributed by atoms with E-state index in [0.29, 0.717) is 16.3 Å². The SMILES string of the molecule is C[C@H](NC(=O)c1cc(Cl)ccc1OC1CCCCC1)c1ccc(C(=O)O)cc1. The molecule has 0 radical (unpaired) electrons. The van der Waals surface area contributed by atoms with Crippen molar-refractivity contribution in [1.29, 1.82) is 0 Å². The molecule has 5 nitrogen and oxygen atoms in total. The predicted molar refractivity (Wildman–Crippen MR) is 108 cm³/mol. The fourth-order valence-corrected chi connectivity index (χ4v) is 3.59. The van der Waals surface area contributed by atoms with Gasteiger partial charge < -0.3 is 15.2 Å². The smallest absolute Gasteiger partial charge is 0.335 e. The van der Waals surface area contributed by atoms with Crippen LogP contribution in [0.5, 0.6) is 5.75 Å². The summed E-state index contributed by atoms with van der Waals surface area (Å²) in [5, 5.41) is 12.4. The highest BCUT2D eigenvalue weighted by molar-refractivity contribution is 6.31. The number of hydrogen-bond acceptors (Lipinski definition) is 3. The van der Waals surface area contributed by atoms with Gasteiger partial charge in [0.25, 0.3) is 5.91 Å². The Morgan fingerprint density at radius 1 is 1.11 bits per heavy atom. The molecule has 0 saturated heterocycles. The van der Waals surface area contributed by atoms with Gasteiger partial charge in [0, 0.05) is 5.02 Å². The average molecular weight is 402 g/mol. The van der Waals surface area contributed by atoms with Crippen molar-refractivity contribution in [3.05, 3.63) is 64.2 Å². The third-order valence-corrected chi connectivity index (χ3v) is 5.27. The van der Waals surface area contributed by atoms with Crippen molar-refractivity contribution in [2.75, 3.05) is 0 Å². The topological polar surface area (TPSA) is 75.6 Å². The first-order valence-corrected chi connectivity index (χ1v) is 9.92. The zero-order valence-electron chi connectivity index (χ0n) is 15.8. The molecule has 1 fully saturated rings. The van der Waals surface area contributed by atoms with Crippen LogP contribution in [-0.2, 0) is 0 Å². The molecular formula is C22H24ClNO4. The van der Waals surface area contributed by atoms with E-state index in [1.807, 2.05) is 6.92 Å². The number of rotatable bonds is 6. The number of carboxylic acid groups (broad SMARTS) is 1. The molecule has 2 aromatic carbocycles. The second-order valence-electron chi connectivity index (χ2n) is 7.14. The van der Waals surface area contributed by atoms with Crippen molar-refractivity contribution >= 4 is 23.5 Å². The van der Waals surface area contributed by atoms with Crippen molar-refractivity contribution in [1.82, 2.24) is 5.32 Å². The van der Waals surface area contributed by atoms with E-state index >= 15 is 0 Å². The Hall–Kier alpha value is -2.53. The molecule has 3 rings (SSSR count). The number of benzene rings is 2. The molecule has 0 heterocycles. The van der Waals surface area contributed by atoms with Crippen molar-refractivity contribution < 1.29 is 19.4 Å². The lowest BCUT2D eigenvalue weighted by atomic mass is 9.97. The molecular weight excluding hydrogens is 378 g/mol. The maximum Gasteiger partial charge on any atom is 0.335 e. The van der Waals surface area contributed by atoms with Gasteiger partial charge in [-0.2, -0.15) is 0 Å². The van der Waals surface area contributed by atoms with Gasteiger partial charge in [-0.05, 0) is 68.5 Å². The summed E-state index contributed by atoms with van der Waals surface area (Å²) in [6.45, 7) is 1.85. The van der Waals surface area contributed by atoms with Gasteiger partial charge in [0.2, 0.25) is 0 Å². The first-order chi connectivity index (χ1) is 13.4. The Morgan fingerprint density at radius 2 is 1.79 bits per heavy atom. The summed E-state index contributed by atoms with van der Waals surface area (Å²) < 4.78 is 6.11. The van der Waals surface area contributed by atoms with E-state index in [-0.39, 0.29) is 23.6 Å². The summed E-state index contributed by atoms with van der Waals surface area (Å²) in [4.78, 5) is 23.9. The maximum absolute atomic E-state index is 12.9. The standard InChI is InChI=1S/C22H24ClNO4/c1-14(15-7-9-16(10-8-15)22(26)27)24-21(25)19-13-17(23)11-12-20(19)28-18-5-3-2-4-6-18/h7-14,18H,2-6H2,1H3,(H,24,25)(H,26,27)/t14-/m0/s1. The minimum absolute atomic E-state index is 0.127. The van der Waals surface area contributed by atoms with Crippen LogP contribution in [0.25, 0.3) is 0 Å². The van der Waals surface area contributed by atoms with E-state index in [1.54, 1.807) is 30.3 Å². The highest BCUT2D eigenvalue weighted by atomic mass is 35.5. The summed E-state index contributed by atoms with van der Waals surface area (Å²) in [5.41, 5.74) is 1.43. The fraction of sp³-hybridized carbons (Fsp3) is 0.364. The fourth-order valence-electron chi connectivity index (χ4n) is 3.42. The van der Waals surface area contributed by atoms with Gasteiger partial charge in [-0.15, -0.1) is 0 Å². The van der Waals surface area contributed by atoms with Crippen molar-refractivity contribution in [2.45, 2.75) is 51.2 Å². The molecule has 1 aliphatic rings. The summed E-state index contributed by atoms with van der Waals surface area (Å²) in [6.07, 6.45) is 5.63. The zero-order valence-corrected chi connectivity index (χ0v) is 16.5. The average Bonchev–Trinajstić information content (AvgIpc) is 2.70. The third-order valence-electron chi connectivity index (χ3n) is 5.04. The molecule has 6 heteroatoms. The van der Waals surface area contributed by atoms with Crippen molar-refractivity contribution in [3.8, 4) is 5.75 Å². The third kappa shape index (κ3) is 5.04. The van der Waals surface area contributed by atoms with Gasteiger partial charge in [-0.1, -0.05) is 30.2 Å². The Bertz CT molecular complexity index is 844. The molecule has 1 atom stereocenters. The van der Waals surface area contributed by atoms with Crippen LogP contribution in [0.15, 0.2) is 42.5 Å². The number of carbonyl (C=O) groups excluding carboxylic acids is 1. The lowest BCUT2D eigenvalue weighted by Crippen LogP contribution is -2.28. The molecule has 0 aliphatic heterocycles. The van der Waals surface area contributed by atoms with Crippen LogP contribution < -0.4 is 10.1 Å². The van der Waals surface area contributed by atoms with Gasteiger partial charge in [0.15, 0.2) is 0 Å². The number of ether oxygens (including phenoxy) is 1. The Morgan fingerprint density at radius 3 is 2.43 bits per heavy atom. The first-order valence-electron chi connectivity index (χ1n) is 9.54. The van der Waals surface area contributed by atoms with Gasteiger partial charge in [0.1, 0.15) is 5.75 Å². The number of carboxylic acids is 1. The zero-order chi connectivity index (χ0) is 20.1. The van der Waals surface area contributed by atoms with Crippen LogP contribution in [0.2, 0.25) is 5.02 Å². The largest absolute Gasteiger partial charge is 0.490 e. The van der Waals surface area contributed by atoms with Crippen molar-refractivity contribution in [2.24, 2.45) is 0 Å². The van der Waals surface area contributed by atoms with E-state index < -0.39 is 5.97 Å². The van der Waals surface area contributed by atoms with Gasteiger partial charge in [-0.3, -0.25) is 4.79 Å². The number of carbonyl (C=O) groups is 2. The summed E-state index contributed by atoms with van der Waals surface area (Å²) >= 11 is 6.11. The number of halogens is 1. The Labute approximate surface area is 169 Å². The molecule has 148 valence electrons. The minimum Gasteiger partial charge on any atom is -0.490 e. The number of aromatic carboxylic acids is 1. The van der Waals surface area contributed by atoms with Crippen molar-refractivity contribution in [3.63, 3.8) is 0 Å². The minimum atomic E-state index is -0.980. The summed E-state index contributed by atoms with van der Waals surface area (Å²) in [5.74, 6) is -0.711. The lowest BCUT2D eigenvalue weighted by Gasteiger charge is -2.24. The van der Waals surface area contributed by atoms with Gasteiger partial charge in [-0.25, -0.2) is 4.79 Å². The number of nitrogens with one attached hydrogen (secondary N) is 1. The summed E-state index contributed by atoms with van der Waals surface area (Å²) in [7, 11) is 0. The first kappa shape index (κ1) is 20.2. The second-order valence-corrected chi connectivity index (χ2v) is 7.58. The normalized spacial score (nSPS) is 15.6. The molecule has 0 bridgehead atoms. The predicted octanol–water partition coefficient (Wildman–Crippen LogP) is 5.24. The molecule has 2 aromatic rings. The van der Waals surface area contributed by atoms with E-state index in [9.17, 15) is 9.59 Å². The molecule has 1 amide bonds. The van der Waals surface area contributed by atoms with Crippen LogP contribution in [0, 0.1) is 0 Å². The van der Waals surface area contributed by atoms with E-state index in [0.717, 1.165) is 31.2 Å². The molecule has 0 spiro atoms. The molecule has 1 aliphatic carbocycles. The molecule has 28 heavy (non-hydrogen) atoms. The molecule has 0 unspecified atom stereocenters. The van der Waals surface area contributed by atoms with Crippen LogP contribution >= 0.6 is 11.6 Å². The Kier molecular flexibility index (Phi) is 6.57. The number of amides is 1. The second kappa shape index (κ2) is 9.11. The van der Waals surface area contributed by atoms with E-state index in [2.05, 4.69) is 5.32 Å². The monoisotopic (exact) mass is 401 g/mol. The van der Waals surface area contributed by atoms with Crippen LogP contribution in [0.3, 0.4) is 0 Å². The molecule has 2 N–H and O–H groups in total. The van der Waals surface area contributed by atoms with Crippen LogP contribution in [0.4, 0.5) is 0 Å². The van der Waals surface area contributed by atoms with Gasteiger partial charge in [0.05, 0.1) is 23.3 Å². The molecule has 0 aromatic heterocycles. The number of hydrogen-bond donors (Lipinski definition) is 2. The van der Waals surface area contributed by atoms with Crippen LogP contribution in [0.1, 0.15) is 71.3 Å². The van der Waals surface area contributed by atoms with E-state index in [4.69, 9.17) is 21.4 Å². The van der Waals surface area contributed by atoms with Crippen LogP contribution in [-0.4, -0.2) is 23.1 Å².